The third-order valence-electron chi connectivity index (χ3n) is 4.41. The minimum Gasteiger partial charge on any atom is -0.478 e. The van der Waals surface area contributed by atoms with Gasteiger partial charge >= 0.3 is 11.9 Å². The van der Waals surface area contributed by atoms with Crippen molar-refractivity contribution in [2.45, 2.75) is 38.5 Å². The largest absolute Gasteiger partial charge is 0.478 e. The van der Waals surface area contributed by atoms with Crippen LogP contribution < -0.4 is 0 Å². The molecule has 0 amide bonds. The highest BCUT2D eigenvalue weighted by Crippen LogP contribution is 2.31. The lowest BCUT2D eigenvalue weighted by Gasteiger charge is -2.14. The number of benzene rings is 2. The van der Waals surface area contributed by atoms with Crippen LogP contribution in [0.5, 0.6) is 0 Å². The van der Waals surface area contributed by atoms with Crippen molar-refractivity contribution in [3.05, 3.63) is 46.5 Å². The van der Waals surface area contributed by atoms with Crippen molar-refractivity contribution in [1.82, 2.24) is 0 Å². The summed E-state index contributed by atoms with van der Waals surface area (Å²) < 4.78 is 0. The van der Waals surface area contributed by atoms with Gasteiger partial charge in [0, 0.05) is 0 Å². The highest BCUT2D eigenvalue weighted by Gasteiger charge is 2.20. The fourth-order valence-electron chi connectivity index (χ4n) is 3.37. The van der Waals surface area contributed by atoms with Crippen LogP contribution in [-0.4, -0.2) is 22.2 Å². The maximum atomic E-state index is 11.7. The fourth-order valence-corrected chi connectivity index (χ4v) is 3.37. The van der Waals surface area contributed by atoms with Crippen LogP contribution in [-0.2, 0) is 12.8 Å². The van der Waals surface area contributed by atoms with Crippen molar-refractivity contribution in [2.75, 3.05) is 0 Å². The van der Waals surface area contributed by atoms with Crippen LogP contribution >= 0.6 is 0 Å². The van der Waals surface area contributed by atoms with Gasteiger partial charge in [-0.25, -0.2) is 9.59 Å². The number of hydrogen-bond acceptors (Lipinski definition) is 2. The first-order chi connectivity index (χ1) is 10.6. The van der Waals surface area contributed by atoms with Crippen molar-refractivity contribution in [3.8, 4) is 0 Å². The van der Waals surface area contributed by atoms with E-state index in [1.54, 1.807) is 18.2 Å². The zero-order valence-electron chi connectivity index (χ0n) is 12.3. The number of carboxylic acids is 2. The SMILES string of the molecule is O=C(O)c1ccc2c3c(C(=O)O)c(cc2c1)CCCCCC3. The van der Waals surface area contributed by atoms with Crippen LogP contribution in [0.15, 0.2) is 24.3 Å². The molecule has 0 heterocycles. The maximum absolute atomic E-state index is 11.7. The van der Waals surface area contributed by atoms with Crippen molar-refractivity contribution >= 4 is 22.7 Å². The lowest BCUT2D eigenvalue weighted by Crippen LogP contribution is -2.08. The van der Waals surface area contributed by atoms with E-state index in [2.05, 4.69) is 0 Å². The minimum atomic E-state index is -0.961. The number of aryl methyl sites for hydroxylation is 2. The third-order valence-corrected chi connectivity index (χ3v) is 4.41. The van der Waals surface area contributed by atoms with E-state index in [1.807, 2.05) is 6.07 Å². The third kappa shape index (κ3) is 2.56. The van der Waals surface area contributed by atoms with Gasteiger partial charge in [0.05, 0.1) is 11.1 Å². The molecule has 0 saturated carbocycles. The average molecular weight is 298 g/mol. The lowest BCUT2D eigenvalue weighted by atomic mass is 9.89. The van der Waals surface area contributed by atoms with Crippen LogP contribution in [0.1, 0.15) is 57.5 Å². The molecule has 1 aliphatic carbocycles. The van der Waals surface area contributed by atoms with E-state index in [9.17, 15) is 14.7 Å². The Bertz CT molecular complexity index is 761. The van der Waals surface area contributed by atoms with Crippen molar-refractivity contribution < 1.29 is 19.8 Å². The molecular weight excluding hydrogens is 280 g/mol. The Labute approximate surface area is 128 Å². The van der Waals surface area contributed by atoms with Crippen LogP contribution in [0.4, 0.5) is 0 Å². The summed E-state index contributed by atoms with van der Waals surface area (Å²) in [5.41, 5.74) is 2.36. The quantitative estimate of drug-likeness (QED) is 0.882. The summed E-state index contributed by atoms with van der Waals surface area (Å²) in [6.07, 6.45) is 5.63. The molecule has 0 atom stereocenters. The van der Waals surface area contributed by atoms with E-state index >= 15 is 0 Å². The molecule has 4 heteroatoms. The molecule has 2 bridgehead atoms. The summed E-state index contributed by atoms with van der Waals surface area (Å²) in [5, 5.41) is 20.5. The summed E-state index contributed by atoms with van der Waals surface area (Å²) in [5.74, 6) is -1.84. The highest BCUT2D eigenvalue weighted by atomic mass is 16.4. The van der Waals surface area contributed by atoms with Gasteiger partial charge in [-0.3, -0.25) is 0 Å². The van der Waals surface area contributed by atoms with Gasteiger partial charge in [-0.1, -0.05) is 25.0 Å². The zero-order valence-corrected chi connectivity index (χ0v) is 12.3. The molecule has 0 aromatic heterocycles. The second-order valence-electron chi connectivity index (χ2n) is 5.85. The van der Waals surface area contributed by atoms with Crippen LogP contribution in [0.3, 0.4) is 0 Å². The van der Waals surface area contributed by atoms with E-state index in [1.165, 1.54) is 0 Å². The predicted molar refractivity (Wildman–Crippen MR) is 83.7 cm³/mol. The molecule has 0 spiro atoms. The number of carbonyl (C=O) groups is 2. The summed E-state index contributed by atoms with van der Waals surface area (Å²) in [6, 6.07) is 6.82. The maximum Gasteiger partial charge on any atom is 0.336 e. The standard InChI is InChI=1S/C18H18O4/c19-17(20)12-7-8-14-13(10-12)9-11-5-3-1-2-4-6-15(14)16(11)18(21)22/h7-10H,1-6H2,(H,19,20)(H,21,22). The molecular formula is C18H18O4. The van der Waals surface area contributed by atoms with Gasteiger partial charge < -0.3 is 10.2 Å². The molecule has 2 N–H and O–H groups in total. The van der Waals surface area contributed by atoms with Gasteiger partial charge in [-0.2, -0.15) is 0 Å². The van der Waals surface area contributed by atoms with E-state index < -0.39 is 11.9 Å². The van der Waals surface area contributed by atoms with E-state index in [0.29, 0.717) is 5.56 Å². The molecule has 1 aliphatic rings. The molecule has 0 aliphatic heterocycles. The number of rotatable bonds is 2. The van der Waals surface area contributed by atoms with Gasteiger partial charge in [-0.05, 0) is 59.7 Å². The van der Waals surface area contributed by atoms with Crippen LogP contribution in [0.25, 0.3) is 10.8 Å². The Kier molecular flexibility index (Phi) is 3.84. The molecule has 0 saturated heterocycles. The van der Waals surface area contributed by atoms with Crippen LogP contribution in [0.2, 0.25) is 0 Å². The molecule has 0 unspecified atom stereocenters. The van der Waals surface area contributed by atoms with E-state index in [0.717, 1.165) is 60.4 Å². The summed E-state index contributed by atoms with van der Waals surface area (Å²) in [6.45, 7) is 0. The Morgan fingerprint density at radius 1 is 0.864 bits per heavy atom. The molecule has 114 valence electrons. The first-order valence-corrected chi connectivity index (χ1v) is 7.63. The fraction of sp³-hybridized carbons (Fsp3) is 0.333. The minimum absolute atomic E-state index is 0.238. The first-order valence-electron chi connectivity index (χ1n) is 7.63. The van der Waals surface area contributed by atoms with E-state index in [-0.39, 0.29) is 5.56 Å². The Morgan fingerprint density at radius 2 is 1.59 bits per heavy atom. The number of carboxylic acid groups (broad SMARTS) is 2. The molecule has 3 rings (SSSR count). The predicted octanol–water partition coefficient (Wildman–Crippen LogP) is 3.90. The summed E-state index contributed by atoms with van der Waals surface area (Å²) in [4.78, 5) is 22.9. The van der Waals surface area contributed by atoms with Gasteiger partial charge in [-0.15, -0.1) is 0 Å². The second kappa shape index (κ2) is 5.79. The van der Waals surface area contributed by atoms with Gasteiger partial charge in [0.2, 0.25) is 0 Å². The van der Waals surface area contributed by atoms with Gasteiger partial charge in [0.1, 0.15) is 0 Å². The molecule has 0 fully saturated rings. The molecule has 22 heavy (non-hydrogen) atoms. The molecule has 2 aromatic rings. The zero-order chi connectivity index (χ0) is 15.7. The number of fused-ring (bicyclic) bond motifs is 4. The number of hydrogen-bond donors (Lipinski definition) is 2. The monoisotopic (exact) mass is 298 g/mol. The summed E-state index contributed by atoms with van der Waals surface area (Å²) >= 11 is 0. The Morgan fingerprint density at radius 3 is 2.27 bits per heavy atom. The smallest absolute Gasteiger partial charge is 0.336 e. The van der Waals surface area contributed by atoms with E-state index in [4.69, 9.17) is 5.11 Å². The highest BCUT2D eigenvalue weighted by molar-refractivity contribution is 6.02. The molecule has 2 aromatic carbocycles. The average Bonchev–Trinajstić information content (AvgIpc) is 2.55. The van der Waals surface area contributed by atoms with Crippen molar-refractivity contribution in [1.29, 1.82) is 0 Å². The lowest BCUT2D eigenvalue weighted by molar-refractivity contribution is 0.0684. The van der Waals surface area contributed by atoms with Gasteiger partial charge in [0.25, 0.3) is 0 Å². The number of aromatic carboxylic acids is 2. The molecule has 0 radical (unpaired) electrons. The topological polar surface area (TPSA) is 74.6 Å². The first kappa shape index (κ1) is 14.6. The normalized spacial score (nSPS) is 14.9. The van der Waals surface area contributed by atoms with Crippen molar-refractivity contribution in [3.63, 3.8) is 0 Å². The van der Waals surface area contributed by atoms with Crippen molar-refractivity contribution in [2.24, 2.45) is 0 Å². The van der Waals surface area contributed by atoms with Gasteiger partial charge in [0.15, 0.2) is 0 Å². The second-order valence-corrected chi connectivity index (χ2v) is 5.85. The Balaban J connectivity index is 2.31. The molecule has 4 nitrogen and oxygen atoms in total. The summed E-state index contributed by atoms with van der Waals surface area (Å²) in [7, 11) is 0. The Hall–Kier alpha value is -2.36. The van der Waals surface area contributed by atoms with Crippen LogP contribution in [0, 0.1) is 0 Å².